The van der Waals surface area contributed by atoms with Crippen molar-refractivity contribution in [1.29, 1.82) is 0 Å². The molecule has 0 fully saturated rings. The molecule has 0 saturated heterocycles. The number of nitrogens with zero attached hydrogens (tertiary/aromatic N) is 1. The summed E-state index contributed by atoms with van der Waals surface area (Å²) in [5, 5.41) is 9.64. The van der Waals surface area contributed by atoms with Crippen molar-refractivity contribution in [3.05, 3.63) is 58.5 Å². The highest BCUT2D eigenvalue weighted by Gasteiger charge is 2.44. The molecule has 0 radical (unpaired) electrons. The van der Waals surface area contributed by atoms with E-state index in [4.69, 9.17) is 9.47 Å². The minimum absolute atomic E-state index is 0.0197. The van der Waals surface area contributed by atoms with Gasteiger partial charge in [-0.1, -0.05) is 12.1 Å². The van der Waals surface area contributed by atoms with Crippen LogP contribution in [-0.2, 0) is 20.8 Å². The van der Waals surface area contributed by atoms with E-state index in [1.807, 2.05) is 26.0 Å². The first kappa shape index (κ1) is 24.8. The van der Waals surface area contributed by atoms with Crippen LogP contribution in [0.4, 0.5) is 0 Å². The van der Waals surface area contributed by atoms with Crippen LogP contribution in [-0.4, -0.2) is 47.3 Å². The number of carboxylic acid groups (broad SMARTS) is 1. The highest BCUT2D eigenvalue weighted by atomic mass is 16.5. The second-order valence-corrected chi connectivity index (χ2v) is 9.05. The number of allylic oxidation sites excluding steroid dienone is 5. The maximum absolute atomic E-state index is 13.4. The second-order valence-electron chi connectivity index (χ2n) is 9.05. The third kappa shape index (κ3) is 4.64. The summed E-state index contributed by atoms with van der Waals surface area (Å²) in [5.74, 6) is -0.334. The molecule has 1 N–H and O–H groups in total. The molecule has 3 aliphatic rings. The number of carbonyl (C=O) groups is 3. The van der Waals surface area contributed by atoms with E-state index in [2.05, 4.69) is 6.58 Å². The van der Waals surface area contributed by atoms with Crippen molar-refractivity contribution in [2.45, 2.75) is 64.7 Å². The molecular formula is C28H33NO6. The van der Waals surface area contributed by atoms with Crippen LogP contribution >= 0.6 is 0 Å². The zero-order valence-electron chi connectivity index (χ0n) is 20.5. The molecule has 0 aromatic heterocycles. The van der Waals surface area contributed by atoms with Gasteiger partial charge in [0.15, 0.2) is 23.1 Å². The van der Waals surface area contributed by atoms with Crippen LogP contribution in [0.5, 0.6) is 11.5 Å². The molecule has 186 valence electrons. The molecule has 35 heavy (non-hydrogen) atoms. The quantitative estimate of drug-likeness (QED) is 0.513. The number of ether oxygens (including phenoxy) is 2. The molecule has 0 spiro atoms. The van der Waals surface area contributed by atoms with Crippen molar-refractivity contribution < 1.29 is 29.0 Å². The summed E-state index contributed by atoms with van der Waals surface area (Å²) in [5.41, 5.74) is 4.30. The zero-order chi connectivity index (χ0) is 25.1. The zero-order valence-corrected chi connectivity index (χ0v) is 20.5. The molecule has 0 atom stereocenters. The summed E-state index contributed by atoms with van der Waals surface area (Å²) in [4.78, 5) is 40.3. The highest BCUT2D eigenvalue weighted by molar-refractivity contribution is 6.06. The molecule has 0 saturated carbocycles. The minimum atomic E-state index is -0.980. The average molecular weight is 480 g/mol. The van der Waals surface area contributed by atoms with Crippen molar-refractivity contribution in [1.82, 2.24) is 4.90 Å². The van der Waals surface area contributed by atoms with Crippen LogP contribution in [0.2, 0.25) is 0 Å². The molecule has 2 aliphatic carbocycles. The van der Waals surface area contributed by atoms with Crippen molar-refractivity contribution >= 4 is 17.5 Å². The van der Waals surface area contributed by atoms with Crippen molar-refractivity contribution in [3.8, 4) is 11.5 Å². The fourth-order valence-electron chi connectivity index (χ4n) is 5.60. The average Bonchev–Trinajstić information content (AvgIpc) is 2.82. The molecule has 1 heterocycles. The molecule has 0 amide bonds. The molecule has 0 bridgehead atoms. The molecule has 1 aromatic carbocycles. The summed E-state index contributed by atoms with van der Waals surface area (Å²) in [6.45, 7) is 8.35. The second kappa shape index (κ2) is 10.5. The number of hydrogen-bond donors (Lipinski definition) is 1. The van der Waals surface area contributed by atoms with E-state index in [0.29, 0.717) is 80.8 Å². The van der Waals surface area contributed by atoms with Crippen LogP contribution in [0.15, 0.2) is 47.3 Å². The summed E-state index contributed by atoms with van der Waals surface area (Å²) in [6, 6.07) is 3.88. The molecule has 7 nitrogen and oxygen atoms in total. The van der Waals surface area contributed by atoms with Gasteiger partial charge in [-0.05, 0) is 57.6 Å². The van der Waals surface area contributed by atoms with E-state index in [-0.39, 0.29) is 18.1 Å². The highest BCUT2D eigenvalue weighted by Crippen LogP contribution is 2.50. The summed E-state index contributed by atoms with van der Waals surface area (Å²) < 4.78 is 11.9. The molecule has 4 rings (SSSR count). The van der Waals surface area contributed by atoms with Gasteiger partial charge >= 0.3 is 5.97 Å². The lowest BCUT2D eigenvalue weighted by molar-refractivity contribution is -0.138. The van der Waals surface area contributed by atoms with E-state index in [0.717, 1.165) is 22.5 Å². The SMILES string of the molecule is C=CCc1cc(C2C3=C(CCCC3=O)N(CC(=O)O)C3=C2C(=O)CCC3)cc(OCC)c1OCC. The third-order valence-electron chi connectivity index (χ3n) is 6.82. The van der Waals surface area contributed by atoms with E-state index in [9.17, 15) is 19.5 Å². The van der Waals surface area contributed by atoms with Gasteiger partial charge in [0.25, 0.3) is 0 Å². The molecular weight excluding hydrogens is 446 g/mol. The van der Waals surface area contributed by atoms with Gasteiger partial charge in [0, 0.05) is 46.9 Å². The van der Waals surface area contributed by atoms with Crippen LogP contribution in [0.1, 0.15) is 69.4 Å². The number of Topliss-reactive ketones (excluding diaryl/α,β-unsaturated/α-hetero) is 2. The van der Waals surface area contributed by atoms with Crippen molar-refractivity contribution in [2.24, 2.45) is 0 Å². The van der Waals surface area contributed by atoms with Gasteiger partial charge in [-0.25, -0.2) is 0 Å². The predicted octanol–water partition coefficient (Wildman–Crippen LogP) is 4.71. The molecule has 7 heteroatoms. The van der Waals surface area contributed by atoms with Crippen LogP contribution < -0.4 is 9.47 Å². The van der Waals surface area contributed by atoms with Gasteiger partial charge in [-0.3, -0.25) is 14.4 Å². The standard InChI is InChI=1S/C28H33NO6/c1-4-9-17-14-18(15-23(34-5-2)28(17)35-6-3)25-26-19(10-7-12-21(26)30)29(16-24(32)33)20-11-8-13-22(31)27(20)25/h4,14-15,25H,1,5-13,16H2,2-3H3,(H,32,33). The van der Waals surface area contributed by atoms with Gasteiger partial charge < -0.3 is 19.5 Å². The Kier molecular flexibility index (Phi) is 7.43. The molecule has 1 aliphatic heterocycles. The number of aliphatic carboxylic acids is 1. The Balaban J connectivity index is 1.99. The monoisotopic (exact) mass is 479 g/mol. The normalized spacial score (nSPS) is 18.4. The Labute approximate surface area is 206 Å². The van der Waals surface area contributed by atoms with Gasteiger partial charge in [-0.15, -0.1) is 6.58 Å². The van der Waals surface area contributed by atoms with E-state index < -0.39 is 11.9 Å². The van der Waals surface area contributed by atoms with Gasteiger partial charge in [0.1, 0.15) is 6.54 Å². The number of hydrogen-bond acceptors (Lipinski definition) is 6. The Hall–Kier alpha value is -3.35. The van der Waals surface area contributed by atoms with E-state index >= 15 is 0 Å². The number of benzene rings is 1. The van der Waals surface area contributed by atoms with Crippen molar-refractivity contribution in [3.63, 3.8) is 0 Å². The Morgan fingerprint density at radius 3 is 2.14 bits per heavy atom. The largest absolute Gasteiger partial charge is 0.490 e. The maximum Gasteiger partial charge on any atom is 0.323 e. The molecule has 0 unspecified atom stereocenters. The first-order chi connectivity index (χ1) is 16.9. The van der Waals surface area contributed by atoms with Crippen LogP contribution in [0.25, 0.3) is 0 Å². The van der Waals surface area contributed by atoms with E-state index in [1.165, 1.54) is 0 Å². The smallest absolute Gasteiger partial charge is 0.323 e. The fraction of sp³-hybridized carbons (Fsp3) is 0.464. The number of rotatable bonds is 9. The Morgan fingerprint density at radius 1 is 1.03 bits per heavy atom. The predicted molar refractivity (Wildman–Crippen MR) is 132 cm³/mol. The van der Waals surface area contributed by atoms with Gasteiger partial charge in [0.2, 0.25) is 0 Å². The first-order valence-corrected chi connectivity index (χ1v) is 12.5. The van der Waals surface area contributed by atoms with Crippen LogP contribution in [0, 0.1) is 0 Å². The number of ketones is 2. The van der Waals surface area contributed by atoms with Gasteiger partial charge in [0.05, 0.1) is 13.2 Å². The molecule has 1 aromatic rings. The minimum Gasteiger partial charge on any atom is -0.490 e. The lowest BCUT2D eigenvalue weighted by atomic mass is 9.70. The number of carboxylic acids is 1. The summed E-state index contributed by atoms with van der Waals surface area (Å²) in [7, 11) is 0. The van der Waals surface area contributed by atoms with Gasteiger partial charge in [-0.2, -0.15) is 0 Å². The number of carbonyl (C=O) groups excluding carboxylic acids is 2. The maximum atomic E-state index is 13.4. The summed E-state index contributed by atoms with van der Waals surface area (Å²) >= 11 is 0. The summed E-state index contributed by atoms with van der Waals surface area (Å²) in [6.07, 6.45) is 5.69. The Bertz CT molecular complexity index is 1080. The fourth-order valence-corrected chi connectivity index (χ4v) is 5.60. The van der Waals surface area contributed by atoms with Crippen molar-refractivity contribution in [2.75, 3.05) is 19.8 Å². The first-order valence-electron chi connectivity index (χ1n) is 12.5. The van der Waals surface area contributed by atoms with E-state index in [1.54, 1.807) is 11.0 Å². The lowest BCUT2D eigenvalue weighted by Gasteiger charge is -2.43. The van der Waals surface area contributed by atoms with Crippen LogP contribution in [0.3, 0.4) is 0 Å². The Morgan fingerprint density at radius 2 is 1.63 bits per heavy atom. The lowest BCUT2D eigenvalue weighted by Crippen LogP contribution is -2.41. The third-order valence-corrected chi connectivity index (χ3v) is 6.82. The topological polar surface area (TPSA) is 93.1 Å².